The Morgan fingerprint density at radius 3 is 2.79 bits per heavy atom. The average Bonchev–Trinajstić information content (AvgIpc) is 3.21. The molecule has 0 aromatic carbocycles. The van der Waals surface area contributed by atoms with Crippen LogP contribution < -0.4 is 5.32 Å². The van der Waals surface area contributed by atoms with E-state index in [9.17, 15) is 8.42 Å². The highest BCUT2D eigenvalue weighted by Crippen LogP contribution is 2.23. The molecule has 2 fully saturated rings. The van der Waals surface area contributed by atoms with Crippen molar-refractivity contribution < 1.29 is 8.42 Å². The summed E-state index contributed by atoms with van der Waals surface area (Å²) in [5.74, 6) is 0.446. The van der Waals surface area contributed by atoms with Gasteiger partial charge in [-0.2, -0.15) is 17.0 Å². The van der Waals surface area contributed by atoms with Crippen molar-refractivity contribution in [1.82, 2.24) is 13.9 Å². The monoisotopic (exact) mass is 287 g/mol. The zero-order chi connectivity index (χ0) is 13.9. The van der Waals surface area contributed by atoms with Crippen molar-refractivity contribution in [1.29, 1.82) is 0 Å². The summed E-state index contributed by atoms with van der Waals surface area (Å²) in [5, 5.41) is 3.50. The molecule has 1 unspecified atom stereocenters. The van der Waals surface area contributed by atoms with Crippen molar-refractivity contribution in [2.75, 3.05) is 33.2 Å². The van der Waals surface area contributed by atoms with Gasteiger partial charge in [0.05, 0.1) is 0 Å². The fourth-order valence-electron chi connectivity index (χ4n) is 2.50. The van der Waals surface area contributed by atoms with Gasteiger partial charge in [0.25, 0.3) is 10.2 Å². The minimum atomic E-state index is -3.31. The van der Waals surface area contributed by atoms with Crippen molar-refractivity contribution in [3.8, 4) is 0 Å². The topological polar surface area (TPSA) is 52.7 Å². The first-order valence-corrected chi connectivity index (χ1v) is 8.49. The highest BCUT2D eigenvalue weighted by Gasteiger charge is 2.32. The first-order chi connectivity index (χ1) is 9.04. The summed E-state index contributed by atoms with van der Waals surface area (Å²) in [6.45, 7) is 6.19. The van der Waals surface area contributed by atoms with Gasteiger partial charge in [-0.15, -0.1) is 6.58 Å². The Hall–Kier alpha value is -0.430. The maximum Gasteiger partial charge on any atom is 0.282 e. The number of hydrogen-bond acceptors (Lipinski definition) is 3. The maximum absolute atomic E-state index is 12.4. The molecule has 0 radical (unpaired) electrons. The predicted octanol–water partition coefficient (Wildman–Crippen LogP) is 0.813. The Labute approximate surface area is 116 Å². The first-order valence-electron chi connectivity index (χ1n) is 7.09. The van der Waals surface area contributed by atoms with E-state index in [0.717, 1.165) is 19.4 Å². The van der Waals surface area contributed by atoms with Crippen LogP contribution in [0.1, 0.15) is 25.7 Å². The first kappa shape index (κ1) is 15.0. The predicted molar refractivity (Wildman–Crippen MR) is 77.1 cm³/mol. The van der Waals surface area contributed by atoms with Crippen LogP contribution in [0.25, 0.3) is 0 Å². The zero-order valence-electron chi connectivity index (χ0n) is 11.7. The molecule has 1 atom stereocenters. The molecule has 2 aliphatic rings. The molecule has 0 amide bonds. The van der Waals surface area contributed by atoms with E-state index in [2.05, 4.69) is 11.9 Å². The molecule has 0 aromatic rings. The Balaban J connectivity index is 1.89. The summed E-state index contributed by atoms with van der Waals surface area (Å²) < 4.78 is 27.7. The molecule has 6 heteroatoms. The van der Waals surface area contributed by atoms with E-state index in [1.807, 2.05) is 0 Å². The minimum absolute atomic E-state index is 0.365. The fourth-order valence-corrected chi connectivity index (χ4v) is 3.94. The lowest BCUT2D eigenvalue weighted by Gasteiger charge is -2.34. The zero-order valence-corrected chi connectivity index (χ0v) is 12.5. The number of rotatable bonds is 7. The number of hydrogen-bond donors (Lipinski definition) is 1. The highest BCUT2D eigenvalue weighted by atomic mass is 32.2. The molecule has 0 aromatic heterocycles. The van der Waals surface area contributed by atoms with Crippen LogP contribution in [0.2, 0.25) is 0 Å². The smallest absolute Gasteiger partial charge is 0.282 e. The van der Waals surface area contributed by atoms with E-state index in [1.165, 1.54) is 17.1 Å². The molecule has 1 saturated heterocycles. The Morgan fingerprint density at radius 2 is 2.16 bits per heavy atom. The molecule has 1 heterocycles. The van der Waals surface area contributed by atoms with E-state index in [4.69, 9.17) is 0 Å². The number of likely N-dealkylation sites (N-methyl/N-ethyl adjacent to an activating group) is 1. The molecule has 1 aliphatic heterocycles. The lowest BCUT2D eigenvalue weighted by molar-refractivity contribution is 0.248. The molecule has 0 bridgehead atoms. The number of nitrogens with one attached hydrogen (secondary N) is 1. The van der Waals surface area contributed by atoms with E-state index >= 15 is 0 Å². The minimum Gasteiger partial charge on any atom is -0.314 e. The molecule has 110 valence electrons. The standard InChI is InChI=1S/C13H25N3O2S/c1-3-8-15(2)19(17,18)16-9-4-5-12(11-16)10-14-13-6-7-13/h3,12-14H,1,4-11H2,2H3. The lowest BCUT2D eigenvalue weighted by atomic mass is 10.00. The second kappa shape index (κ2) is 6.35. The van der Waals surface area contributed by atoms with Crippen LogP contribution in [0, 0.1) is 5.92 Å². The van der Waals surface area contributed by atoms with Gasteiger partial charge in [-0.1, -0.05) is 6.08 Å². The molecular formula is C13H25N3O2S. The maximum atomic E-state index is 12.4. The van der Waals surface area contributed by atoms with Gasteiger partial charge in [0.1, 0.15) is 0 Å². The van der Waals surface area contributed by atoms with Gasteiger partial charge in [-0.05, 0) is 38.1 Å². The summed E-state index contributed by atoms with van der Waals surface area (Å²) in [6.07, 6.45) is 6.25. The van der Waals surface area contributed by atoms with Crippen LogP contribution in [0.5, 0.6) is 0 Å². The van der Waals surface area contributed by atoms with Crippen LogP contribution in [0.4, 0.5) is 0 Å². The fraction of sp³-hybridized carbons (Fsp3) is 0.846. The summed E-state index contributed by atoms with van der Waals surface area (Å²) in [7, 11) is -1.70. The van der Waals surface area contributed by atoms with Crippen molar-refractivity contribution in [3.05, 3.63) is 12.7 Å². The summed E-state index contributed by atoms with van der Waals surface area (Å²) in [6, 6.07) is 0.690. The van der Waals surface area contributed by atoms with Gasteiger partial charge in [0.2, 0.25) is 0 Å². The van der Waals surface area contributed by atoms with Crippen molar-refractivity contribution in [2.45, 2.75) is 31.7 Å². The largest absolute Gasteiger partial charge is 0.314 e. The quantitative estimate of drug-likeness (QED) is 0.705. The number of piperidine rings is 1. The van der Waals surface area contributed by atoms with Crippen LogP contribution >= 0.6 is 0 Å². The van der Waals surface area contributed by atoms with E-state index in [-0.39, 0.29) is 0 Å². The van der Waals surface area contributed by atoms with Crippen molar-refractivity contribution in [3.63, 3.8) is 0 Å². The highest BCUT2D eigenvalue weighted by molar-refractivity contribution is 7.86. The van der Waals surface area contributed by atoms with Gasteiger partial charge in [-0.25, -0.2) is 0 Å². The molecule has 0 spiro atoms. The van der Waals surface area contributed by atoms with Crippen molar-refractivity contribution >= 4 is 10.2 Å². The lowest BCUT2D eigenvalue weighted by Crippen LogP contribution is -2.48. The SMILES string of the molecule is C=CCN(C)S(=O)(=O)N1CCCC(CNC2CC2)C1. The van der Waals surface area contributed by atoms with Gasteiger partial charge >= 0.3 is 0 Å². The summed E-state index contributed by atoms with van der Waals surface area (Å²) in [5.41, 5.74) is 0. The molecule has 1 aliphatic carbocycles. The molecule has 2 rings (SSSR count). The van der Waals surface area contributed by atoms with E-state index < -0.39 is 10.2 Å². The van der Waals surface area contributed by atoms with Gasteiger partial charge in [-0.3, -0.25) is 0 Å². The summed E-state index contributed by atoms with van der Waals surface area (Å²) >= 11 is 0. The Bertz CT molecular complexity index is 406. The molecule has 1 saturated carbocycles. The van der Waals surface area contributed by atoms with E-state index in [1.54, 1.807) is 17.4 Å². The third-order valence-electron chi connectivity index (χ3n) is 3.86. The molecule has 19 heavy (non-hydrogen) atoms. The van der Waals surface area contributed by atoms with Gasteiger partial charge in [0, 0.05) is 32.7 Å². The third kappa shape index (κ3) is 4.02. The van der Waals surface area contributed by atoms with Crippen LogP contribution in [-0.2, 0) is 10.2 Å². The van der Waals surface area contributed by atoms with Gasteiger partial charge < -0.3 is 5.32 Å². The molecular weight excluding hydrogens is 262 g/mol. The molecule has 5 nitrogen and oxygen atoms in total. The summed E-state index contributed by atoms with van der Waals surface area (Å²) in [4.78, 5) is 0. The average molecular weight is 287 g/mol. The second-order valence-electron chi connectivity index (χ2n) is 5.63. The normalized spacial score (nSPS) is 25.7. The van der Waals surface area contributed by atoms with Crippen molar-refractivity contribution in [2.24, 2.45) is 5.92 Å². The Kier molecular flexibility index (Phi) is 5.00. The van der Waals surface area contributed by atoms with E-state index in [0.29, 0.717) is 31.6 Å². The van der Waals surface area contributed by atoms with Gasteiger partial charge in [0.15, 0.2) is 0 Å². The second-order valence-corrected chi connectivity index (χ2v) is 7.66. The Morgan fingerprint density at radius 1 is 1.42 bits per heavy atom. The number of nitrogens with zero attached hydrogens (tertiary/aromatic N) is 2. The van der Waals surface area contributed by atoms with Crippen LogP contribution in [0.15, 0.2) is 12.7 Å². The van der Waals surface area contributed by atoms with Crippen LogP contribution in [0.3, 0.4) is 0 Å². The molecule has 1 N–H and O–H groups in total. The van der Waals surface area contributed by atoms with Crippen LogP contribution in [-0.4, -0.2) is 56.3 Å². The third-order valence-corrected chi connectivity index (χ3v) is 5.78.